The fourth-order valence-electron chi connectivity index (χ4n) is 11.6. The summed E-state index contributed by atoms with van der Waals surface area (Å²) in [5, 5.41) is 0. The van der Waals surface area contributed by atoms with E-state index in [2.05, 4.69) is 161 Å². The molecular weight excluding hydrogens is 1380 g/mol. The second-order valence-electron chi connectivity index (χ2n) is 23.0. The van der Waals surface area contributed by atoms with E-state index >= 15 is 0 Å². The minimum absolute atomic E-state index is 0. The van der Waals surface area contributed by atoms with Crippen molar-refractivity contribution in [3.8, 4) is 0 Å². The summed E-state index contributed by atoms with van der Waals surface area (Å²) in [4.78, 5) is 28.9. The van der Waals surface area contributed by atoms with E-state index in [-0.39, 0.29) is 39.1 Å². The molecule has 2 fully saturated rings. The first-order chi connectivity index (χ1) is 41.5. The molecule has 0 aliphatic heterocycles. The predicted octanol–water partition coefficient (Wildman–Crippen LogP) is 23.9. The molecule has 4 atom stereocenters. The number of para-hydroxylation sites is 2. The number of aromatic nitrogens is 2. The van der Waals surface area contributed by atoms with Crippen molar-refractivity contribution in [3.05, 3.63) is 239 Å². The number of hydrogen-bond donors (Lipinski definition) is 0. The van der Waals surface area contributed by atoms with E-state index in [9.17, 15) is 0 Å². The van der Waals surface area contributed by atoms with Crippen LogP contribution in [0.15, 0.2) is 178 Å². The number of pyridine rings is 2. The molecule has 4 aromatic carbocycles. The summed E-state index contributed by atoms with van der Waals surface area (Å²) >= 11 is -0.437. The number of benzene rings is 4. The molecular formula is C73H88Cl6Fe2N6Zr. The molecule has 88 heavy (non-hydrogen) atoms. The van der Waals surface area contributed by atoms with Gasteiger partial charge in [-0.2, -0.15) is 5.41 Å². The number of nitrogens with zero attached hydrogens (tertiary/aromatic N) is 6. The third-order valence-corrected chi connectivity index (χ3v) is 15.5. The zero-order valence-electron chi connectivity index (χ0n) is 53.8. The molecule has 15 heteroatoms. The molecule has 2 saturated carbocycles. The monoisotopic (exact) mass is 1460 g/mol. The van der Waals surface area contributed by atoms with E-state index in [0.717, 1.165) is 79.5 Å². The van der Waals surface area contributed by atoms with Crippen molar-refractivity contribution < 1.29 is 47.1 Å². The van der Waals surface area contributed by atoms with E-state index in [4.69, 9.17) is 87.4 Å². The fourth-order valence-corrected chi connectivity index (χ4v) is 11.6. The average Bonchev–Trinajstić information content (AvgIpc) is 2.31. The number of aliphatic imine (C=N–C) groups is 4. The molecule has 4 unspecified atom stereocenters. The number of fused-ring (bicyclic) bond motifs is 3. The topological polar surface area (TPSA) is 75.2 Å². The molecule has 0 radical (unpaired) electrons. The maximum atomic E-state index is 4.93. The van der Waals surface area contributed by atoms with E-state index < -0.39 is 20.8 Å². The molecule has 0 amide bonds. The predicted molar refractivity (Wildman–Crippen MR) is 377 cm³/mol. The molecule has 0 spiro atoms. The number of rotatable bonds is 9. The van der Waals surface area contributed by atoms with E-state index in [1.54, 1.807) is 0 Å². The first-order valence-electron chi connectivity index (χ1n) is 29.2. The molecule has 4 aliphatic carbocycles. The summed E-state index contributed by atoms with van der Waals surface area (Å²) in [6, 6.07) is 36.9. The van der Waals surface area contributed by atoms with Gasteiger partial charge in [-0.15, -0.1) is 0 Å². The molecule has 6 nitrogen and oxygen atoms in total. The summed E-state index contributed by atoms with van der Waals surface area (Å²) in [6.45, 7) is 33.8. The van der Waals surface area contributed by atoms with Crippen molar-refractivity contribution >= 4 is 103 Å². The van der Waals surface area contributed by atoms with E-state index in [0.29, 0.717) is 29.6 Å². The van der Waals surface area contributed by atoms with Gasteiger partial charge in [0, 0.05) is 0 Å². The Morgan fingerprint density at radius 1 is 0.443 bits per heavy atom. The SMILES string of the molecule is C1CCCC1.CC(=Nc1c(C)cc(C)cc1C)c1cccc(C(C)=Nc2c(C)cc(C)cc2C)n1.CC(=Nc1ccccc1C)c1cccc(C(C)=Nc2ccccc2C)n1.[CH2-]C(C)(C)C1C2C=CC=CC2C2C=CC=CC21.[CH3-].[Cl][Fe][Cl].[Cl][Fe][Cl].[Cl][Zr+2][Cl]. The zero-order valence-corrected chi connectivity index (χ0v) is 63.0. The van der Waals surface area contributed by atoms with Crippen LogP contribution in [0.1, 0.15) is 141 Å². The quantitative estimate of drug-likeness (QED) is 0.0822. The molecule has 0 saturated heterocycles. The first kappa shape index (κ1) is 78.7. The molecule has 472 valence electrons. The van der Waals surface area contributed by atoms with Gasteiger partial charge < -0.3 is 14.4 Å². The maximum absolute atomic E-state index is 4.93. The Balaban J connectivity index is 0.000000315. The van der Waals surface area contributed by atoms with Crippen LogP contribution in [-0.4, -0.2) is 32.8 Å². The van der Waals surface area contributed by atoms with Gasteiger partial charge in [0.2, 0.25) is 0 Å². The second-order valence-corrected chi connectivity index (χ2v) is 30.4. The Labute approximate surface area is 577 Å². The van der Waals surface area contributed by atoms with Crippen molar-refractivity contribution in [1.29, 1.82) is 0 Å². The van der Waals surface area contributed by atoms with Gasteiger partial charge in [0.25, 0.3) is 0 Å². The summed E-state index contributed by atoms with van der Waals surface area (Å²) in [6.07, 6.45) is 26.0. The Morgan fingerprint density at radius 2 is 0.705 bits per heavy atom. The van der Waals surface area contributed by atoms with Gasteiger partial charge in [0.15, 0.2) is 0 Å². The molecule has 4 aliphatic rings. The van der Waals surface area contributed by atoms with Crippen LogP contribution in [0.2, 0.25) is 0 Å². The number of halogens is 6. The van der Waals surface area contributed by atoms with Gasteiger partial charge >= 0.3 is 105 Å². The van der Waals surface area contributed by atoms with E-state index in [1.807, 2.05) is 100 Å². The molecule has 2 heterocycles. The van der Waals surface area contributed by atoms with Crippen LogP contribution >= 0.6 is 57.4 Å². The van der Waals surface area contributed by atoms with Crippen LogP contribution in [0.3, 0.4) is 0 Å². The number of hydrogen-bond acceptors (Lipinski definition) is 6. The van der Waals surface area contributed by atoms with Crippen molar-refractivity contribution in [2.24, 2.45) is 55.0 Å². The second kappa shape index (κ2) is 41.1. The normalized spacial score (nSPS) is 18.1. The van der Waals surface area contributed by atoms with Crippen LogP contribution in [0.25, 0.3) is 0 Å². The van der Waals surface area contributed by atoms with Crippen LogP contribution in [0.5, 0.6) is 0 Å². The summed E-state index contributed by atoms with van der Waals surface area (Å²) in [7, 11) is 28.9. The van der Waals surface area contributed by atoms with Crippen LogP contribution in [0, 0.1) is 105 Å². The van der Waals surface area contributed by atoms with Crippen molar-refractivity contribution in [1.82, 2.24) is 9.97 Å². The Kier molecular flexibility index (Phi) is 36.8. The van der Waals surface area contributed by atoms with Crippen molar-refractivity contribution in [3.63, 3.8) is 0 Å². The summed E-state index contributed by atoms with van der Waals surface area (Å²) in [5.74, 6) is 3.33. The molecule has 0 N–H and O–H groups in total. The standard InChI is InChI=1S/C27H31N3.C23H23N3.C17H21.C5H10.CH3.6ClH.2Fe.Zr/c1-16-12-18(3)26(19(4)13-16)28-22(7)24-10-9-11-25(30-24)23(8)29-27-20(5)14-17(2)15-21(27)6;1-16-10-5-7-12-20(16)24-18(3)22-14-9-15-23(26-22)19(4)25-21-13-8-6-11-17(21)2;1-17(2,3)16-14-10-6-4-8-12(14)13-9-5-7-11-15(13)16;1-2-4-5-3-1;;;;;;;;;;/h9-15H,1-8H3;5-15H,1-4H3;4-16H,1H2,2-3H3;1-5H2;1H3;6*1H;;;/q;;-1;;-1;;;;;;;2*+2;+4/p-6. The van der Waals surface area contributed by atoms with Gasteiger partial charge in [-0.3, -0.25) is 20.0 Å². The summed E-state index contributed by atoms with van der Waals surface area (Å²) in [5.41, 5.74) is 20.8. The minimum atomic E-state index is -0.826. The first-order valence-corrected chi connectivity index (χ1v) is 41.6. The Morgan fingerprint density at radius 3 is 0.977 bits per heavy atom. The summed E-state index contributed by atoms with van der Waals surface area (Å²) < 4.78 is 0. The van der Waals surface area contributed by atoms with Gasteiger partial charge in [0.05, 0.1) is 68.4 Å². The molecule has 2 aromatic heterocycles. The third kappa shape index (κ3) is 25.2. The van der Waals surface area contributed by atoms with Crippen LogP contribution in [0.4, 0.5) is 22.7 Å². The van der Waals surface area contributed by atoms with Gasteiger partial charge in [-0.25, -0.2) is 9.97 Å². The molecule has 10 rings (SSSR count). The number of aryl methyl sites for hydroxylation is 8. The number of allylic oxidation sites excluding steroid dienone is 8. The fraction of sp³-hybridized carbons (Fsp3) is 0.342. The van der Waals surface area contributed by atoms with Gasteiger partial charge in [0.1, 0.15) is 0 Å². The molecule has 0 bridgehead atoms. The van der Waals surface area contributed by atoms with Crippen molar-refractivity contribution in [2.45, 2.75) is 129 Å². The average molecular weight is 1470 g/mol. The molecule has 6 aromatic rings. The van der Waals surface area contributed by atoms with Gasteiger partial charge in [-0.1, -0.05) is 178 Å². The third-order valence-electron chi connectivity index (χ3n) is 15.5. The van der Waals surface area contributed by atoms with E-state index in [1.165, 1.54) is 65.5 Å². The van der Waals surface area contributed by atoms with Crippen LogP contribution < -0.4 is 0 Å². The Bertz CT molecular complexity index is 3160. The Hall–Kier alpha value is -3.52. The zero-order chi connectivity index (χ0) is 64.2. The van der Waals surface area contributed by atoms with Crippen molar-refractivity contribution in [2.75, 3.05) is 0 Å². The van der Waals surface area contributed by atoms with Gasteiger partial charge in [-0.05, 0) is 182 Å². The van der Waals surface area contributed by atoms with Crippen LogP contribution in [-0.2, 0) is 47.1 Å².